The zero-order chi connectivity index (χ0) is 15.8. The first kappa shape index (κ1) is 14.7. The third kappa shape index (κ3) is 2.97. The molecule has 0 unspecified atom stereocenters. The molecule has 0 radical (unpaired) electrons. The van der Waals surface area contributed by atoms with Crippen LogP contribution < -0.4 is 10.6 Å². The summed E-state index contributed by atoms with van der Waals surface area (Å²) in [5, 5.41) is 10.4. The van der Waals surface area contributed by atoms with E-state index in [0.29, 0.717) is 6.54 Å². The van der Waals surface area contributed by atoms with Crippen LogP contribution in [0.3, 0.4) is 0 Å². The molecule has 1 atom stereocenters. The molecule has 6 nitrogen and oxygen atoms in total. The Labute approximate surface area is 139 Å². The van der Waals surface area contributed by atoms with E-state index in [9.17, 15) is 4.79 Å². The van der Waals surface area contributed by atoms with Crippen LogP contribution in [-0.2, 0) is 25.9 Å². The van der Waals surface area contributed by atoms with E-state index in [1.807, 2.05) is 22.9 Å². The zero-order valence-electron chi connectivity index (χ0n) is 13.3. The van der Waals surface area contributed by atoms with Gasteiger partial charge in [0.2, 0.25) is 0 Å². The number of carbonyl (C=O) groups excluding carboxylic acids is 1. The molecule has 2 aliphatic rings. The Morgan fingerprint density at radius 1 is 1.43 bits per heavy atom. The van der Waals surface area contributed by atoms with E-state index in [1.54, 1.807) is 0 Å². The monoisotopic (exact) mass is 331 g/mol. The van der Waals surface area contributed by atoms with Gasteiger partial charge in [0, 0.05) is 16.3 Å². The highest BCUT2D eigenvalue weighted by Crippen LogP contribution is 2.30. The van der Waals surface area contributed by atoms with Crippen LogP contribution in [0.5, 0.6) is 0 Å². The van der Waals surface area contributed by atoms with Crippen molar-refractivity contribution in [3.8, 4) is 0 Å². The smallest absolute Gasteiger partial charge is 0.315 e. The first-order valence-electron chi connectivity index (χ1n) is 8.25. The summed E-state index contributed by atoms with van der Waals surface area (Å²) in [4.78, 5) is 19.4. The van der Waals surface area contributed by atoms with Gasteiger partial charge in [-0.25, -0.2) is 14.5 Å². The number of amides is 2. The largest absolute Gasteiger partial charge is 0.333 e. The van der Waals surface area contributed by atoms with Gasteiger partial charge >= 0.3 is 6.03 Å². The number of rotatable bonds is 3. The molecular formula is C16H21N5OS. The van der Waals surface area contributed by atoms with Gasteiger partial charge in [0.1, 0.15) is 11.6 Å². The molecule has 1 aliphatic heterocycles. The molecule has 2 aromatic rings. The normalized spacial score (nSPS) is 19.3. The van der Waals surface area contributed by atoms with Gasteiger partial charge in [-0.3, -0.25) is 0 Å². The van der Waals surface area contributed by atoms with Crippen molar-refractivity contribution in [2.24, 2.45) is 0 Å². The van der Waals surface area contributed by atoms with E-state index in [-0.39, 0.29) is 12.1 Å². The van der Waals surface area contributed by atoms with Crippen molar-refractivity contribution in [3.05, 3.63) is 33.0 Å². The molecule has 0 bridgehead atoms. The first-order chi connectivity index (χ1) is 11.2. The lowest BCUT2D eigenvalue weighted by Gasteiger charge is -2.23. The molecule has 4 rings (SSSR count). The molecular weight excluding hydrogens is 310 g/mol. The Morgan fingerprint density at radius 3 is 3.22 bits per heavy atom. The quantitative estimate of drug-likeness (QED) is 0.907. The molecule has 7 heteroatoms. The number of hydrogen-bond donors (Lipinski definition) is 2. The predicted molar refractivity (Wildman–Crippen MR) is 88.4 cm³/mol. The average Bonchev–Trinajstić information content (AvgIpc) is 3.18. The summed E-state index contributed by atoms with van der Waals surface area (Å²) in [5.74, 6) is 1.64. The maximum absolute atomic E-state index is 12.2. The highest BCUT2D eigenvalue weighted by Gasteiger charge is 2.25. The van der Waals surface area contributed by atoms with Gasteiger partial charge < -0.3 is 10.6 Å². The second kappa shape index (κ2) is 5.96. The summed E-state index contributed by atoms with van der Waals surface area (Å²) in [6.45, 7) is 3.37. The molecule has 23 heavy (non-hydrogen) atoms. The lowest BCUT2D eigenvalue weighted by molar-refractivity contribution is 0.232. The van der Waals surface area contributed by atoms with E-state index >= 15 is 0 Å². The zero-order valence-corrected chi connectivity index (χ0v) is 14.1. The molecule has 1 aliphatic carbocycles. The summed E-state index contributed by atoms with van der Waals surface area (Å²) < 4.78 is 1.91. The van der Waals surface area contributed by atoms with Crippen molar-refractivity contribution < 1.29 is 4.79 Å². The number of hydrogen-bond acceptors (Lipinski definition) is 4. The van der Waals surface area contributed by atoms with Gasteiger partial charge in [-0.05, 0) is 50.7 Å². The maximum atomic E-state index is 12.2. The molecule has 0 saturated heterocycles. The minimum absolute atomic E-state index is 0.0432. The number of fused-ring (bicyclic) bond motifs is 2. The van der Waals surface area contributed by atoms with E-state index in [2.05, 4.69) is 26.8 Å². The number of nitrogens with zero attached hydrogens (tertiary/aromatic N) is 3. The lowest BCUT2D eigenvalue weighted by atomic mass is 10.1. The molecule has 122 valence electrons. The van der Waals surface area contributed by atoms with Crippen LogP contribution in [0.1, 0.15) is 52.3 Å². The van der Waals surface area contributed by atoms with Crippen LogP contribution in [0.15, 0.2) is 6.07 Å². The van der Waals surface area contributed by atoms with E-state index < -0.39 is 0 Å². The van der Waals surface area contributed by atoms with Gasteiger partial charge in [0.25, 0.3) is 0 Å². The Bertz CT molecular complexity index is 713. The summed E-state index contributed by atoms with van der Waals surface area (Å²) in [6, 6.07) is 2.07. The number of nitrogens with one attached hydrogen (secondary N) is 2. The van der Waals surface area contributed by atoms with Crippen molar-refractivity contribution in [1.82, 2.24) is 25.4 Å². The minimum Gasteiger partial charge on any atom is -0.333 e. The fourth-order valence-corrected chi connectivity index (χ4v) is 4.66. The van der Waals surface area contributed by atoms with Gasteiger partial charge in [0.15, 0.2) is 0 Å². The lowest BCUT2D eigenvalue weighted by Crippen LogP contribution is -2.39. The molecule has 2 amide bonds. The summed E-state index contributed by atoms with van der Waals surface area (Å²) in [5.41, 5.74) is 1.48. The topological polar surface area (TPSA) is 71.8 Å². The number of thiophene rings is 1. The van der Waals surface area contributed by atoms with E-state index in [4.69, 9.17) is 0 Å². The predicted octanol–water partition coefficient (Wildman–Crippen LogP) is 2.47. The molecule has 0 fully saturated rings. The van der Waals surface area contributed by atoms with Crippen LogP contribution in [0.4, 0.5) is 4.79 Å². The van der Waals surface area contributed by atoms with Crippen molar-refractivity contribution in [2.45, 2.75) is 58.2 Å². The number of aryl methyl sites for hydroxylation is 4. The summed E-state index contributed by atoms with van der Waals surface area (Å²) >= 11 is 1.83. The van der Waals surface area contributed by atoms with E-state index in [0.717, 1.165) is 31.0 Å². The second-order valence-electron chi connectivity index (χ2n) is 6.28. The fourth-order valence-electron chi connectivity index (χ4n) is 3.46. The molecule has 0 saturated carbocycles. The van der Waals surface area contributed by atoms with Crippen molar-refractivity contribution in [3.63, 3.8) is 0 Å². The average molecular weight is 331 g/mol. The van der Waals surface area contributed by atoms with Crippen LogP contribution in [0, 0.1) is 6.92 Å². The SMILES string of the molecule is Cc1nc2n(n1)CCC[C@@H]2NC(=O)NCc1cc2c(s1)CCC2. The minimum atomic E-state index is -0.127. The Hall–Kier alpha value is -1.89. The van der Waals surface area contributed by atoms with Gasteiger partial charge in [0.05, 0.1) is 12.6 Å². The summed E-state index contributed by atoms with van der Waals surface area (Å²) in [6.07, 6.45) is 5.59. The molecule has 0 aromatic carbocycles. The van der Waals surface area contributed by atoms with Crippen molar-refractivity contribution >= 4 is 17.4 Å². The number of aromatic nitrogens is 3. The third-order valence-electron chi connectivity index (χ3n) is 4.51. The Morgan fingerprint density at radius 2 is 2.35 bits per heavy atom. The van der Waals surface area contributed by atoms with Crippen molar-refractivity contribution in [1.29, 1.82) is 0 Å². The second-order valence-corrected chi connectivity index (χ2v) is 7.50. The molecule has 2 aromatic heterocycles. The number of urea groups is 1. The highest BCUT2D eigenvalue weighted by atomic mass is 32.1. The van der Waals surface area contributed by atoms with Gasteiger partial charge in [-0.2, -0.15) is 5.10 Å². The standard InChI is InChI=1S/C16H21N5OS/c1-10-18-15-13(5-3-7-21(15)20-10)19-16(22)17-9-12-8-11-4-2-6-14(11)23-12/h8,13H,2-7,9H2,1H3,(H2,17,19,22)/t13-/m0/s1. The fraction of sp³-hybridized carbons (Fsp3) is 0.562. The highest BCUT2D eigenvalue weighted by molar-refractivity contribution is 7.12. The van der Waals surface area contributed by atoms with Gasteiger partial charge in [-0.15, -0.1) is 11.3 Å². The first-order valence-corrected chi connectivity index (χ1v) is 9.07. The maximum Gasteiger partial charge on any atom is 0.315 e. The van der Waals surface area contributed by atoms with Crippen LogP contribution in [-0.4, -0.2) is 20.8 Å². The van der Waals surface area contributed by atoms with Crippen molar-refractivity contribution in [2.75, 3.05) is 0 Å². The van der Waals surface area contributed by atoms with Crippen LogP contribution >= 0.6 is 11.3 Å². The van der Waals surface area contributed by atoms with Crippen LogP contribution in [0.25, 0.3) is 0 Å². The Balaban J connectivity index is 1.35. The third-order valence-corrected chi connectivity index (χ3v) is 5.74. The molecule has 0 spiro atoms. The molecule has 2 N–H and O–H groups in total. The van der Waals surface area contributed by atoms with Crippen LogP contribution in [0.2, 0.25) is 0 Å². The molecule has 3 heterocycles. The number of carbonyl (C=O) groups is 1. The van der Waals surface area contributed by atoms with E-state index in [1.165, 1.54) is 34.6 Å². The Kier molecular flexibility index (Phi) is 3.80. The summed E-state index contributed by atoms with van der Waals surface area (Å²) in [7, 11) is 0. The van der Waals surface area contributed by atoms with Gasteiger partial charge in [-0.1, -0.05) is 0 Å².